The maximum Gasteiger partial charge on any atom is 0.226 e. The van der Waals surface area contributed by atoms with E-state index in [0.29, 0.717) is 18.3 Å². The van der Waals surface area contributed by atoms with E-state index in [1.54, 1.807) is 0 Å². The summed E-state index contributed by atoms with van der Waals surface area (Å²) in [4.78, 5) is 11.9. The summed E-state index contributed by atoms with van der Waals surface area (Å²) in [6.45, 7) is 1.74. The maximum absolute atomic E-state index is 11.9. The van der Waals surface area contributed by atoms with Crippen LogP contribution in [0.3, 0.4) is 0 Å². The van der Waals surface area contributed by atoms with E-state index in [1.165, 1.54) is 6.42 Å². The molecule has 3 rings (SSSR count). The van der Waals surface area contributed by atoms with Gasteiger partial charge in [0, 0.05) is 18.0 Å². The summed E-state index contributed by atoms with van der Waals surface area (Å²) in [5.41, 5.74) is 1.43. The molecule has 0 bridgehead atoms. The molecule has 1 fully saturated rings. The van der Waals surface area contributed by atoms with Gasteiger partial charge in [-0.3, -0.25) is 4.79 Å². The minimum absolute atomic E-state index is 0.00671. The van der Waals surface area contributed by atoms with E-state index in [1.807, 2.05) is 24.3 Å². The molecule has 1 aliphatic heterocycles. The van der Waals surface area contributed by atoms with Crippen LogP contribution < -0.4 is 10.6 Å². The van der Waals surface area contributed by atoms with Gasteiger partial charge in [0.1, 0.15) is 5.69 Å². The van der Waals surface area contributed by atoms with Gasteiger partial charge < -0.3 is 15.2 Å². The van der Waals surface area contributed by atoms with E-state index in [-0.39, 0.29) is 12.3 Å². The molecule has 1 unspecified atom stereocenters. The van der Waals surface area contributed by atoms with Crippen molar-refractivity contribution in [2.45, 2.75) is 25.3 Å². The lowest BCUT2D eigenvalue weighted by atomic mass is 10.1. The molecule has 0 spiro atoms. The lowest BCUT2D eigenvalue weighted by Gasteiger charge is -2.10. The molecule has 2 heterocycles. The third kappa shape index (κ3) is 2.76. The summed E-state index contributed by atoms with van der Waals surface area (Å²) in [6, 6.07) is 8.00. The highest BCUT2D eigenvalue weighted by Gasteiger charge is 2.16. The Bertz CT molecular complexity index is 573. The second-order valence-corrected chi connectivity index (χ2v) is 4.90. The number of hydrogen-bond acceptors (Lipinski definition) is 4. The summed E-state index contributed by atoms with van der Waals surface area (Å²) in [5, 5.41) is 11.2. The van der Waals surface area contributed by atoms with E-state index in [4.69, 9.17) is 4.52 Å². The van der Waals surface area contributed by atoms with Crippen LogP contribution in [0.2, 0.25) is 0 Å². The van der Waals surface area contributed by atoms with Crippen LogP contribution in [-0.4, -0.2) is 30.2 Å². The Kier molecular flexibility index (Phi) is 3.46. The average molecular weight is 259 g/mol. The zero-order chi connectivity index (χ0) is 13.1. The van der Waals surface area contributed by atoms with E-state index < -0.39 is 0 Å². The number of benzene rings is 1. The molecular formula is C14H17N3O2. The van der Waals surface area contributed by atoms with Gasteiger partial charge in [0.2, 0.25) is 5.91 Å². The highest BCUT2D eigenvalue weighted by atomic mass is 16.5. The standard InChI is InChI=1S/C14H17N3O2/c18-14(16-9-10-4-3-7-15-10)8-12-11-5-1-2-6-13(11)19-17-12/h1-2,5-6,10,15H,3-4,7-9H2,(H,16,18). The van der Waals surface area contributed by atoms with Crippen molar-refractivity contribution in [2.75, 3.05) is 13.1 Å². The van der Waals surface area contributed by atoms with Crippen LogP contribution in [0.1, 0.15) is 18.5 Å². The minimum Gasteiger partial charge on any atom is -0.356 e. The van der Waals surface area contributed by atoms with E-state index >= 15 is 0 Å². The Hall–Kier alpha value is -1.88. The van der Waals surface area contributed by atoms with Crippen LogP contribution >= 0.6 is 0 Å². The summed E-state index contributed by atoms with van der Waals surface area (Å²) < 4.78 is 5.19. The Morgan fingerprint density at radius 1 is 1.47 bits per heavy atom. The first-order valence-electron chi connectivity index (χ1n) is 6.66. The van der Waals surface area contributed by atoms with Crippen LogP contribution in [0.25, 0.3) is 11.0 Å². The molecule has 100 valence electrons. The Morgan fingerprint density at radius 2 is 2.37 bits per heavy atom. The van der Waals surface area contributed by atoms with Gasteiger partial charge in [0.15, 0.2) is 5.58 Å². The van der Waals surface area contributed by atoms with Crippen molar-refractivity contribution >= 4 is 16.9 Å². The van der Waals surface area contributed by atoms with Gasteiger partial charge >= 0.3 is 0 Å². The topological polar surface area (TPSA) is 67.2 Å². The predicted octanol–water partition coefficient (Wildman–Crippen LogP) is 1.24. The monoisotopic (exact) mass is 259 g/mol. The largest absolute Gasteiger partial charge is 0.356 e. The predicted molar refractivity (Wildman–Crippen MR) is 71.7 cm³/mol. The molecular weight excluding hydrogens is 242 g/mol. The van der Waals surface area contributed by atoms with Crippen molar-refractivity contribution in [3.63, 3.8) is 0 Å². The summed E-state index contributed by atoms with van der Waals surface area (Å²) in [6.07, 6.45) is 2.59. The van der Waals surface area contributed by atoms with Gasteiger partial charge in [-0.05, 0) is 31.5 Å². The molecule has 1 amide bonds. The lowest BCUT2D eigenvalue weighted by molar-refractivity contribution is -0.120. The van der Waals surface area contributed by atoms with Crippen molar-refractivity contribution in [3.8, 4) is 0 Å². The first kappa shape index (κ1) is 12.2. The number of para-hydroxylation sites is 1. The molecule has 0 aliphatic carbocycles. The van der Waals surface area contributed by atoms with Crippen LogP contribution in [0.15, 0.2) is 28.8 Å². The van der Waals surface area contributed by atoms with E-state index in [2.05, 4.69) is 15.8 Å². The second kappa shape index (κ2) is 5.40. The molecule has 2 N–H and O–H groups in total. The van der Waals surface area contributed by atoms with Gasteiger partial charge in [-0.15, -0.1) is 0 Å². The highest BCUT2D eigenvalue weighted by Crippen LogP contribution is 2.17. The van der Waals surface area contributed by atoms with Gasteiger partial charge in [-0.2, -0.15) is 0 Å². The number of nitrogens with zero attached hydrogens (tertiary/aromatic N) is 1. The Labute approximate surface area is 111 Å². The maximum atomic E-state index is 11.9. The van der Waals surface area contributed by atoms with Crippen LogP contribution in [0.5, 0.6) is 0 Å². The lowest BCUT2D eigenvalue weighted by Crippen LogP contribution is -2.37. The number of fused-ring (bicyclic) bond motifs is 1. The third-order valence-electron chi connectivity index (χ3n) is 3.49. The fraction of sp³-hybridized carbons (Fsp3) is 0.429. The number of carbonyl (C=O) groups is 1. The third-order valence-corrected chi connectivity index (χ3v) is 3.49. The normalized spacial score (nSPS) is 18.8. The van der Waals surface area contributed by atoms with Gasteiger partial charge in [0.05, 0.1) is 6.42 Å². The molecule has 1 atom stereocenters. The zero-order valence-corrected chi connectivity index (χ0v) is 10.7. The first-order chi connectivity index (χ1) is 9.33. The second-order valence-electron chi connectivity index (χ2n) is 4.90. The van der Waals surface area contributed by atoms with Crippen LogP contribution in [-0.2, 0) is 11.2 Å². The van der Waals surface area contributed by atoms with Crippen molar-refractivity contribution < 1.29 is 9.32 Å². The molecule has 1 aromatic heterocycles. The van der Waals surface area contributed by atoms with Crippen LogP contribution in [0.4, 0.5) is 0 Å². The number of nitrogens with one attached hydrogen (secondary N) is 2. The molecule has 1 saturated heterocycles. The number of amides is 1. The molecule has 0 saturated carbocycles. The molecule has 5 nitrogen and oxygen atoms in total. The molecule has 0 radical (unpaired) electrons. The Morgan fingerprint density at radius 3 is 3.21 bits per heavy atom. The molecule has 5 heteroatoms. The SMILES string of the molecule is O=C(Cc1noc2ccccc12)NCC1CCCN1. The zero-order valence-electron chi connectivity index (χ0n) is 10.7. The average Bonchev–Trinajstić information content (AvgIpc) is 3.07. The Balaban J connectivity index is 1.59. The van der Waals surface area contributed by atoms with Gasteiger partial charge in [0.25, 0.3) is 0 Å². The van der Waals surface area contributed by atoms with Crippen molar-refractivity contribution in [3.05, 3.63) is 30.0 Å². The van der Waals surface area contributed by atoms with Crippen LogP contribution in [0, 0.1) is 0 Å². The molecule has 19 heavy (non-hydrogen) atoms. The number of rotatable bonds is 4. The molecule has 2 aromatic rings. The quantitative estimate of drug-likeness (QED) is 0.867. The van der Waals surface area contributed by atoms with Gasteiger partial charge in [-0.1, -0.05) is 17.3 Å². The number of aromatic nitrogens is 1. The number of hydrogen-bond donors (Lipinski definition) is 2. The minimum atomic E-state index is -0.00671. The van der Waals surface area contributed by atoms with Crippen molar-refractivity contribution in [2.24, 2.45) is 0 Å². The summed E-state index contributed by atoms with van der Waals surface area (Å²) >= 11 is 0. The fourth-order valence-electron chi connectivity index (χ4n) is 2.45. The van der Waals surface area contributed by atoms with Crippen molar-refractivity contribution in [1.29, 1.82) is 0 Å². The highest BCUT2D eigenvalue weighted by molar-refractivity contribution is 5.86. The smallest absolute Gasteiger partial charge is 0.226 e. The summed E-state index contributed by atoms with van der Waals surface area (Å²) in [5.74, 6) is -0.00671. The fourth-order valence-corrected chi connectivity index (χ4v) is 2.45. The van der Waals surface area contributed by atoms with Crippen molar-refractivity contribution in [1.82, 2.24) is 15.8 Å². The number of carbonyl (C=O) groups excluding carboxylic acids is 1. The van der Waals surface area contributed by atoms with E-state index in [0.717, 1.165) is 23.9 Å². The molecule has 1 aliphatic rings. The first-order valence-corrected chi connectivity index (χ1v) is 6.66. The summed E-state index contributed by atoms with van der Waals surface area (Å²) in [7, 11) is 0. The van der Waals surface area contributed by atoms with Gasteiger partial charge in [-0.25, -0.2) is 0 Å². The molecule has 1 aromatic carbocycles. The van der Waals surface area contributed by atoms with E-state index in [9.17, 15) is 4.79 Å².